The molecule has 84 valence electrons. The Morgan fingerprint density at radius 3 is 2.57 bits per heavy atom. The Bertz CT molecular complexity index is 152. The molecule has 3 atom stereocenters. The molecule has 0 aromatic rings. The average Bonchev–Trinajstić information content (AvgIpc) is 2.29. The van der Waals surface area contributed by atoms with Gasteiger partial charge in [0.2, 0.25) is 0 Å². The van der Waals surface area contributed by atoms with Crippen molar-refractivity contribution in [3.05, 3.63) is 0 Å². The highest BCUT2D eigenvalue weighted by Crippen LogP contribution is 2.26. The maximum Gasteiger partial charge on any atom is 0.119 e. The van der Waals surface area contributed by atoms with Crippen LogP contribution in [0.15, 0.2) is 0 Å². The first-order chi connectivity index (χ1) is 6.74. The maximum atomic E-state index is 9.64. The first-order valence-electron chi connectivity index (χ1n) is 5.88. The lowest BCUT2D eigenvalue weighted by Gasteiger charge is -2.22. The number of nitrogens with one attached hydrogen (secondary N) is 1. The normalized spacial score (nSPS) is 32.8. The molecular weight excluding hydrogens is 176 g/mol. The number of rotatable bonds is 2. The molecule has 1 saturated carbocycles. The van der Waals surface area contributed by atoms with Gasteiger partial charge >= 0.3 is 0 Å². The third-order valence-electron chi connectivity index (χ3n) is 3.42. The van der Waals surface area contributed by atoms with Gasteiger partial charge < -0.3 is 5.11 Å². The highest BCUT2D eigenvalue weighted by molar-refractivity contribution is 4.69. The Morgan fingerprint density at radius 1 is 1.14 bits per heavy atom. The van der Waals surface area contributed by atoms with E-state index in [0.29, 0.717) is 5.92 Å². The topological polar surface area (TPSA) is 58.3 Å². The number of hydrazine groups is 1. The van der Waals surface area contributed by atoms with E-state index in [1.807, 2.05) is 0 Å². The molecule has 3 unspecified atom stereocenters. The van der Waals surface area contributed by atoms with E-state index in [2.05, 4.69) is 12.3 Å². The van der Waals surface area contributed by atoms with Crippen molar-refractivity contribution in [1.29, 1.82) is 0 Å². The third kappa shape index (κ3) is 3.95. The Hall–Kier alpha value is -0.120. The summed E-state index contributed by atoms with van der Waals surface area (Å²) in [7, 11) is 0. The number of nitrogens with two attached hydrogens (primary N) is 1. The zero-order chi connectivity index (χ0) is 10.4. The van der Waals surface area contributed by atoms with Gasteiger partial charge in [0.05, 0.1) is 0 Å². The predicted molar refractivity (Wildman–Crippen MR) is 58.3 cm³/mol. The summed E-state index contributed by atoms with van der Waals surface area (Å²) < 4.78 is 0. The highest BCUT2D eigenvalue weighted by Gasteiger charge is 2.19. The van der Waals surface area contributed by atoms with Crippen LogP contribution < -0.4 is 11.3 Å². The molecule has 0 radical (unpaired) electrons. The highest BCUT2D eigenvalue weighted by atomic mass is 16.3. The molecule has 0 heterocycles. The van der Waals surface area contributed by atoms with Crippen molar-refractivity contribution in [3.8, 4) is 0 Å². The lowest BCUT2D eigenvalue weighted by Crippen LogP contribution is -2.40. The van der Waals surface area contributed by atoms with Crippen LogP contribution in [0.1, 0.15) is 51.9 Å². The largest absolute Gasteiger partial charge is 0.377 e. The fourth-order valence-electron chi connectivity index (χ4n) is 2.32. The van der Waals surface area contributed by atoms with Crippen LogP contribution >= 0.6 is 0 Å². The molecule has 1 rings (SSSR count). The van der Waals surface area contributed by atoms with Crippen LogP contribution in [0.4, 0.5) is 0 Å². The van der Waals surface area contributed by atoms with Gasteiger partial charge in [0.1, 0.15) is 6.23 Å². The molecule has 1 fully saturated rings. The third-order valence-corrected chi connectivity index (χ3v) is 3.42. The Labute approximate surface area is 87.0 Å². The molecule has 3 nitrogen and oxygen atoms in total. The van der Waals surface area contributed by atoms with Gasteiger partial charge in [0.25, 0.3) is 0 Å². The average molecular weight is 200 g/mol. The molecule has 0 aromatic heterocycles. The van der Waals surface area contributed by atoms with Gasteiger partial charge in [0, 0.05) is 0 Å². The van der Waals surface area contributed by atoms with Gasteiger partial charge in [-0.05, 0) is 24.7 Å². The Kier molecular flexibility index (Phi) is 5.45. The van der Waals surface area contributed by atoms with E-state index in [0.717, 1.165) is 18.8 Å². The molecule has 14 heavy (non-hydrogen) atoms. The lowest BCUT2D eigenvalue weighted by molar-refractivity contribution is 0.0627. The molecule has 1 aliphatic rings. The number of aliphatic hydroxyl groups excluding tert-OH is 1. The minimum absolute atomic E-state index is 0.348. The van der Waals surface area contributed by atoms with E-state index in [9.17, 15) is 5.11 Å². The molecule has 3 heteroatoms. The summed E-state index contributed by atoms with van der Waals surface area (Å²) in [6.07, 6.45) is 8.15. The van der Waals surface area contributed by atoms with E-state index >= 15 is 0 Å². The summed E-state index contributed by atoms with van der Waals surface area (Å²) in [6.45, 7) is 2.31. The molecule has 4 N–H and O–H groups in total. The molecule has 0 bridgehead atoms. The van der Waals surface area contributed by atoms with E-state index in [1.165, 1.54) is 32.1 Å². The van der Waals surface area contributed by atoms with Crippen molar-refractivity contribution in [1.82, 2.24) is 5.43 Å². The second-order valence-corrected chi connectivity index (χ2v) is 4.69. The summed E-state index contributed by atoms with van der Waals surface area (Å²) in [5.74, 6) is 6.42. The lowest BCUT2D eigenvalue weighted by atomic mass is 9.92. The van der Waals surface area contributed by atoms with Crippen molar-refractivity contribution in [3.63, 3.8) is 0 Å². The van der Waals surface area contributed by atoms with Crippen LogP contribution in [0.3, 0.4) is 0 Å². The van der Waals surface area contributed by atoms with Crippen LogP contribution in [0.5, 0.6) is 0 Å². The summed E-state index contributed by atoms with van der Waals surface area (Å²) in [6, 6.07) is 0. The van der Waals surface area contributed by atoms with Gasteiger partial charge in [0.15, 0.2) is 0 Å². The van der Waals surface area contributed by atoms with Crippen LogP contribution in [0, 0.1) is 11.8 Å². The molecule has 0 amide bonds. The van der Waals surface area contributed by atoms with E-state index in [-0.39, 0.29) is 0 Å². The maximum absolute atomic E-state index is 9.64. The van der Waals surface area contributed by atoms with Gasteiger partial charge in [-0.2, -0.15) is 0 Å². The summed E-state index contributed by atoms with van der Waals surface area (Å²) in [5, 5.41) is 9.64. The zero-order valence-corrected chi connectivity index (χ0v) is 9.21. The smallest absolute Gasteiger partial charge is 0.119 e. The van der Waals surface area contributed by atoms with E-state index in [4.69, 9.17) is 5.84 Å². The fourth-order valence-corrected chi connectivity index (χ4v) is 2.32. The van der Waals surface area contributed by atoms with Gasteiger partial charge in [-0.1, -0.05) is 39.0 Å². The van der Waals surface area contributed by atoms with Crippen molar-refractivity contribution in [2.24, 2.45) is 17.7 Å². The standard InChI is InChI=1S/C11H24N2O/c1-9-5-3-2-4-6-10(8-7-9)11(14)13-12/h9-11,13-14H,2-8,12H2,1H3. The van der Waals surface area contributed by atoms with Crippen LogP contribution in [-0.4, -0.2) is 11.3 Å². The molecule has 0 aromatic carbocycles. The number of aliphatic hydroxyl groups is 1. The minimum Gasteiger partial charge on any atom is -0.377 e. The number of hydrogen-bond donors (Lipinski definition) is 3. The fraction of sp³-hybridized carbons (Fsp3) is 1.00. The second-order valence-electron chi connectivity index (χ2n) is 4.69. The predicted octanol–water partition coefficient (Wildman–Crippen LogP) is 1.76. The molecular formula is C11H24N2O. The van der Waals surface area contributed by atoms with Crippen molar-refractivity contribution < 1.29 is 5.11 Å². The van der Waals surface area contributed by atoms with Crippen LogP contribution in [0.25, 0.3) is 0 Å². The Balaban J connectivity index is 2.40. The van der Waals surface area contributed by atoms with Crippen molar-refractivity contribution in [2.45, 2.75) is 58.1 Å². The second kappa shape index (κ2) is 6.38. The molecule has 1 aliphatic carbocycles. The summed E-state index contributed by atoms with van der Waals surface area (Å²) in [4.78, 5) is 0. The van der Waals surface area contributed by atoms with Crippen molar-refractivity contribution >= 4 is 0 Å². The van der Waals surface area contributed by atoms with Gasteiger partial charge in [-0.25, -0.2) is 5.43 Å². The monoisotopic (exact) mass is 200 g/mol. The molecule has 0 spiro atoms. The Morgan fingerprint density at radius 2 is 1.86 bits per heavy atom. The molecule has 0 aliphatic heterocycles. The quantitative estimate of drug-likeness (QED) is 0.362. The summed E-state index contributed by atoms with van der Waals surface area (Å²) >= 11 is 0. The van der Waals surface area contributed by atoms with E-state index < -0.39 is 6.23 Å². The van der Waals surface area contributed by atoms with Crippen molar-refractivity contribution in [2.75, 3.05) is 0 Å². The summed E-state index contributed by atoms with van der Waals surface area (Å²) in [5.41, 5.74) is 2.47. The van der Waals surface area contributed by atoms with Crippen LogP contribution in [-0.2, 0) is 0 Å². The van der Waals surface area contributed by atoms with Gasteiger partial charge in [-0.3, -0.25) is 5.84 Å². The first-order valence-corrected chi connectivity index (χ1v) is 5.88. The minimum atomic E-state index is -0.514. The van der Waals surface area contributed by atoms with Crippen LogP contribution in [0.2, 0.25) is 0 Å². The number of hydrogen-bond acceptors (Lipinski definition) is 3. The van der Waals surface area contributed by atoms with Gasteiger partial charge in [-0.15, -0.1) is 0 Å². The molecule has 0 saturated heterocycles. The van der Waals surface area contributed by atoms with E-state index in [1.54, 1.807) is 0 Å². The SMILES string of the molecule is CC1CCCCCC(C(O)NN)CC1. The zero-order valence-electron chi connectivity index (χ0n) is 9.21. The first kappa shape index (κ1) is 12.0.